The molecule has 2 heterocycles. The van der Waals surface area contributed by atoms with Crippen LogP contribution < -0.4 is 25.6 Å². The van der Waals surface area contributed by atoms with E-state index >= 15 is 0 Å². The van der Waals surface area contributed by atoms with Gasteiger partial charge in [-0.15, -0.1) is 0 Å². The van der Waals surface area contributed by atoms with E-state index < -0.39 is 11.5 Å². The second-order valence-electron chi connectivity index (χ2n) is 11.7. The van der Waals surface area contributed by atoms with Crippen molar-refractivity contribution in [2.45, 2.75) is 52.4 Å². The minimum Gasteiger partial charge on any atom is -0.493 e. The van der Waals surface area contributed by atoms with Gasteiger partial charge >= 0.3 is 5.63 Å². The lowest BCUT2D eigenvalue weighted by Crippen LogP contribution is -2.33. The van der Waals surface area contributed by atoms with E-state index in [0.29, 0.717) is 63.5 Å². The molecule has 42 heavy (non-hydrogen) atoms. The van der Waals surface area contributed by atoms with Crippen molar-refractivity contribution in [1.29, 1.82) is 5.26 Å². The predicted octanol–water partition coefficient (Wildman–Crippen LogP) is 6.06. The van der Waals surface area contributed by atoms with Gasteiger partial charge in [0, 0.05) is 23.8 Å². The topological polar surface area (TPSA) is 134 Å². The lowest BCUT2D eigenvalue weighted by atomic mass is 9.70. The molecule has 0 saturated carbocycles. The number of fused-ring (bicyclic) bond motifs is 1. The number of nitrogens with zero attached hydrogens (tertiary/aromatic N) is 1. The SMILES string of the molecule is COc1cc(-c2cc3cc(C4C(C#N)=C(N)OC5=C4C(=O)CC(C)(C)C5)cc(C(C)C)c3oc2=O)cc(OC)c1OC. The summed E-state index contributed by atoms with van der Waals surface area (Å²) < 4.78 is 28.2. The van der Waals surface area contributed by atoms with Gasteiger partial charge in [-0.25, -0.2) is 4.79 Å². The van der Waals surface area contributed by atoms with Crippen LogP contribution >= 0.6 is 0 Å². The van der Waals surface area contributed by atoms with Crippen LogP contribution in [0.3, 0.4) is 0 Å². The molecular weight excluding hydrogens is 536 g/mol. The Labute approximate surface area is 244 Å². The van der Waals surface area contributed by atoms with Gasteiger partial charge in [0.15, 0.2) is 17.3 Å². The molecule has 0 fully saturated rings. The van der Waals surface area contributed by atoms with Crippen molar-refractivity contribution in [1.82, 2.24) is 0 Å². The van der Waals surface area contributed by atoms with Crippen molar-refractivity contribution in [3.8, 4) is 34.4 Å². The molecule has 0 saturated heterocycles. The summed E-state index contributed by atoms with van der Waals surface area (Å²) >= 11 is 0. The number of benzene rings is 2. The highest BCUT2D eigenvalue weighted by atomic mass is 16.5. The lowest BCUT2D eigenvalue weighted by Gasteiger charge is -2.37. The number of Topliss-reactive ketones (excluding diaryl/α,β-unsaturated/α-hetero) is 1. The number of ketones is 1. The Morgan fingerprint density at radius 3 is 2.24 bits per heavy atom. The van der Waals surface area contributed by atoms with Crippen LogP contribution in [0.25, 0.3) is 22.1 Å². The van der Waals surface area contributed by atoms with Gasteiger partial charge < -0.3 is 29.1 Å². The summed E-state index contributed by atoms with van der Waals surface area (Å²) in [5, 5.41) is 10.8. The van der Waals surface area contributed by atoms with Crippen molar-refractivity contribution >= 4 is 16.8 Å². The summed E-state index contributed by atoms with van der Waals surface area (Å²) in [5.41, 5.74) is 8.76. The van der Waals surface area contributed by atoms with Crippen molar-refractivity contribution in [3.63, 3.8) is 0 Å². The van der Waals surface area contributed by atoms with Gasteiger partial charge in [0.1, 0.15) is 23.0 Å². The molecule has 0 radical (unpaired) electrons. The zero-order chi connectivity index (χ0) is 30.5. The first-order chi connectivity index (χ1) is 19.9. The highest BCUT2D eigenvalue weighted by Gasteiger charge is 2.43. The van der Waals surface area contributed by atoms with E-state index in [-0.39, 0.29) is 34.1 Å². The predicted molar refractivity (Wildman–Crippen MR) is 157 cm³/mol. The number of ether oxygens (including phenoxy) is 4. The van der Waals surface area contributed by atoms with Crippen LogP contribution in [-0.2, 0) is 9.53 Å². The highest BCUT2D eigenvalue weighted by molar-refractivity contribution is 6.00. The second-order valence-corrected chi connectivity index (χ2v) is 11.7. The van der Waals surface area contributed by atoms with Crippen molar-refractivity contribution < 1.29 is 28.2 Å². The lowest BCUT2D eigenvalue weighted by molar-refractivity contribution is -0.119. The highest BCUT2D eigenvalue weighted by Crippen LogP contribution is 2.49. The van der Waals surface area contributed by atoms with Gasteiger partial charge in [-0.2, -0.15) is 5.26 Å². The summed E-state index contributed by atoms with van der Waals surface area (Å²) in [6.45, 7) is 7.99. The maximum absolute atomic E-state index is 13.5. The quantitative estimate of drug-likeness (QED) is 0.351. The van der Waals surface area contributed by atoms with E-state index in [0.717, 1.165) is 5.56 Å². The van der Waals surface area contributed by atoms with Crippen molar-refractivity contribution in [2.75, 3.05) is 21.3 Å². The molecule has 218 valence electrons. The van der Waals surface area contributed by atoms with Crippen molar-refractivity contribution in [3.05, 3.63) is 74.7 Å². The normalized spacial score (nSPS) is 18.1. The number of hydrogen-bond donors (Lipinski definition) is 1. The standard InChI is InChI=1S/C33H34N2O7/c1-16(2)20-9-18(27-22(15-34)31(35)41-26-14-33(3,4)13-23(36)28(26)27)8-19-10-21(32(37)42-29(19)20)17-11-24(38-5)30(40-7)25(12-17)39-6/h8-12,16,27H,13-14,35H2,1-7H3. The first kappa shape index (κ1) is 28.8. The Balaban J connectivity index is 1.78. The summed E-state index contributed by atoms with van der Waals surface area (Å²) in [6.07, 6.45) is 0.851. The summed E-state index contributed by atoms with van der Waals surface area (Å²) in [4.78, 5) is 26.9. The minimum absolute atomic E-state index is 0.00403. The Morgan fingerprint density at radius 2 is 1.67 bits per heavy atom. The van der Waals surface area contributed by atoms with Gasteiger partial charge in [-0.05, 0) is 52.3 Å². The summed E-state index contributed by atoms with van der Waals surface area (Å²) in [7, 11) is 4.51. The number of hydrogen-bond acceptors (Lipinski definition) is 9. The smallest absolute Gasteiger partial charge is 0.344 e. The number of nitrogens with two attached hydrogens (primary N) is 1. The number of methoxy groups -OCH3 is 3. The fourth-order valence-electron chi connectivity index (χ4n) is 5.94. The third kappa shape index (κ3) is 4.77. The van der Waals surface area contributed by atoms with Gasteiger partial charge in [-0.1, -0.05) is 33.8 Å². The van der Waals surface area contributed by atoms with Gasteiger partial charge in [-0.3, -0.25) is 4.79 Å². The number of nitriles is 1. The largest absolute Gasteiger partial charge is 0.493 e. The summed E-state index contributed by atoms with van der Waals surface area (Å²) in [5.74, 6) is 0.859. The molecule has 9 nitrogen and oxygen atoms in total. The van der Waals surface area contributed by atoms with E-state index in [9.17, 15) is 14.9 Å². The van der Waals surface area contributed by atoms with E-state index in [4.69, 9.17) is 29.1 Å². The van der Waals surface area contributed by atoms with Crippen LogP contribution in [0.2, 0.25) is 0 Å². The molecule has 0 spiro atoms. The maximum Gasteiger partial charge on any atom is 0.344 e. The molecule has 1 aromatic heterocycles. The van der Waals surface area contributed by atoms with E-state index in [1.807, 2.05) is 39.8 Å². The molecule has 1 unspecified atom stereocenters. The maximum atomic E-state index is 13.5. The van der Waals surface area contributed by atoms with Crippen LogP contribution in [0.4, 0.5) is 0 Å². The molecule has 9 heteroatoms. The van der Waals surface area contributed by atoms with Crippen LogP contribution in [0.15, 0.2) is 62.3 Å². The van der Waals surface area contributed by atoms with Crippen LogP contribution in [0.5, 0.6) is 17.2 Å². The van der Waals surface area contributed by atoms with Gasteiger partial charge in [0.2, 0.25) is 11.6 Å². The fraction of sp³-hybridized carbons (Fsp3) is 0.364. The minimum atomic E-state index is -0.708. The number of rotatable bonds is 6. The third-order valence-electron chi connectivity index (χ3n) is 7.89. The fourth-order valence-corrected chi connectivity index (χ4v) is 5.94. The number of allylic oxidation sites excluding steroid dienone is 3. The Bertz CT molecular complexity index is 1760. The molecule has 0 bridgehead atoms. The first-order valence-electron chi connectivity index (χ1n) is 13.7. The number of carbonyl (C=O) groups is 1. The van der Waals surface area contributed by atoms with Crippen LogP contribution in [0, 0.1) is 16.7 Å². The third-order valence-corrected chi connectivity index (χ3v) is 7.89. The molecule has 2 N–H and O–H groups in total. The molecule has 1 aliphatic carbocycles. The second kappa shape index (κ2) is 10.6. The zero-order valence-corrected chi connectivity index (χ0v) is 24.8. The molecule has 2 aliphatic rings. The molecule has 1 aliphatic heterocycles. The van der Waals surface area contributed by atoms with E-state index in [1.54, 1.807) is 18.2 Å². The Morgan fingerprint density at radius 1 is 1.00 bits per heavy atom. The molecule has 2 aromatic carbocycles. The van der Waals surface area contributed by atoms with Crippen LogP contribution in [0.1, 0.15) is 63.5 Å². The summed E-state index contributed by atoms with van der Waals surface area (Å²) in [6, 6.07) is 11.0. The van der Waals surface area contributed by atoms with E-state index in [1.165, 1.54) is 21.3 Å². The van der Waals surface area contributed by atoms with Gasteiger partial charge in [0.05, 0.1) is 32.8 Å². The average molecular weight is 571 g/mol. The molecule has 1 atom stereocenters. The average Bonchev–Trinajstić information content (AvgIpc) is 2.93. The Kier molecular flexibility index (Phi) is 7.27. The van der Waals surface area contributed by atoms with Gasteiger partial charge in [0.25, 0.3) is 0 Å². The molecule has 0 amide bonds. The van der Waals surface area contributed by atoms with Crippen molar-refractivity contribution in [2.24, 2.45) is 11.1 Å². The number of carbonyl (C=O) groups excluding carboxylic acids is 1. The molecule has 3 aromatic rings. The zero-order valence-electron chi connectivity index (χ0n) is 24.8. The van der Waals surface area contributed by atoms with E-state index in [2.05, 4.69) is 6.07 Å². The molecular formula is C33H34N2O7. The molecule has 5 rings (SSSR count). The monoisotopic (exact) mass is 570 g/mol. The van der Waals surface area contributed by atoms with Crippen LogP contribution in [-0.4, -0.2) is 27.1 Å². The first-order valence-corrected chi connectivity index (χ1v) is 13.7. The Hall–Kier alpha value is -4.71.